The van der Waals surface area contributed by atoms with E-state index in [-0.39, 0.29) is 17.0 Å². The molecule has 3 amide bonds. The van der Waals surface area contributed by atoms with E-state index in [0.29, 0.717) is 21.8 Å². The molecule has 35 heavy (non-hydrogen) atoms. The maximum absolute atomic E-state index is 14.8. The molecule has 8 nitrogen and oxygen atoms in total. The van der Waals surface area contributed by atoms with E-state index in [1.54, 1.807) is 42.5 Å². The standard InChI is InChI=1S/C24H22ClFN4O4S/c1-35(33,34)22-5-3-2-4-18(22)15-6-11-20(19(26)14-15)29-23(31)21(12-13-27)30-24(32)28-17-9-7-16(25)8-10-17/h2-11,13-14,21,27H,12H2,1H3,(H,29,31)(H2,28,30,32). The topological polar surface area (TPSA) is 128 Å². The number of rotatable bonds is 8. The van der Waals surface area contributed by atoms with E-state index < -0.39 is 33.6 Å². The Bertz CT molecular complexity index is 1360. The number of hydrogen-bond acceptors (Lipinski definition) is 5. The van der Waals surface area contributed by atoms with Crippen molar-refractivity contribution in [1.29, 1.82) is 5.41 Å². The third-order valence-electron chi connectivity index (χ3n) is 4.90. The molecule has 1 atom stereocenters. The molecule has 1 unspecified atom stereocenters. The van der Waals surface area contributed by atoms with Crippen molar-refractivity contribution in [3.8, 4) is 11.1 Å². The summed E-state index contributed by atoms with van der Waals surface area (Å²) in [6, 6.07) is 14.6. The number of anilines is 2. The second-order valence-corrected chi connectivity index (χ2v) is 9.97. The third-order valence-corrected chi connectivity index (χ3v) is 6.31. The Morgan fingerprint density at radius 2 is 1.74 bits per heavy atom. The molecule has 0 radical (unpaired) electrons. The van der Waals surface area contributed by atoms with E-state index in [1.807, 2.05) is 0 Å². The molecule has 0 saturated heterocycles. The van der Waals surface area contributed by atoms with Gasteiger partial charge in [-0.1, -0.05) is 35.9 Å². The van der Waals surface area contributed by atoms with Gasteiger partial charge in [-0.15, -0.1) is 0 Å². The molecule has 4 N–H and O–H groups in total. The monoisotopic (exact) mass is 516 g/mol. The number of benzene rings is 3. The Labute approximate surface area is 206 Å². The minimum absolute atomic E-state index is 0.0538. The summed E-state index contributed by atoms with van der Waals surface area (Å²) in [5, 5.41) is 15.2. The quantitative estimate of drug-likeness (QED) is 0.323. The van der Waals surface area contributed by atoms with Crippen molar-refractivity contribution in [3.63, 3.8) is 0 Å². The summed E-state index contributed by atoms with van der Waals surface area (Å²) in [4.78, 5) is 25.0. The van der Waals surface area contributed by atoms with Gasteiger partial charge in [-0.05, 0) is 54.2 Å². The smallest absolute Gasteiger partial charge is 0.319 e. The van der Waals surface area contributed by atoms with Gasteiger partial charge >= 0.3 is 6.03 Å². The van der Waals surface area contributed by atoms with E-state index >= 15 is 0 Å². The van der Waals surface area contributed by atoms with Crippen molar-refractivity contribution in [1.82, 2.24) is 5.32 Å². The van der Waals surface area contributed by atoms with E-state index in [4.69, 9.17) is 17.0 Å². The number of hydrogen-bond donors (Lipinski definition) is 4. The zero-order valence-corrected chi connectivity index (χ0v) is 20.1. The number of sulfone groups is 1. The number of urea groups is 1. The fourth-order valence-corrected chi connectivity index (χ4v) is 4.28. The highest BCUT2D eigenvalue weighted by atomic mass is 35.5. The molecule has 3 rings (SSSR count). The van der Waals surface area contributed by atoms with Crippen LogP contribution in [0.3, 0.4) is 0 Å². The summed E-state index contributed by atoms with van der Waals surface area (Å²) < 4.78 is 39.0. The average molecular weight is 517 g/mol. The molecule has 0 spiro atoms. The fraction of sp³-hybridized carbons (Fsp3) is 0.125. The van der Waals surface area contributed by atoms with Crippen LogP contribution in [0.2, 0.25) is 5.02 Å². The molecule has 3 aromatic carbocycles. The normalized spacial score (nSPS) is 11.9. The molecule has 182 valence electrons. The van der Waals surface area contributed by atoms with Gasteiger partial charge in [0.25, 0.3) is 0 Å². The minimum atomic E-state index is -3.54. The maximum atomic E-state index is 14.8. The van der Waals surface area contributed by atoms with Crippen LogP contribution in [-0.4, -0.2) is 38.9 Å². The highest BCUT2D eigenvalue weighted by molar-refractivity contribution is 7.90. The van der Waals surface area contributed by atoms with Crippen LogP contribution in [0.25, 0.3) is 11.1 Å². The first-order valence-corrected chi connectivity index (χ1v) is 12.6. The number of amides is 3. The Hall–Kier alpha value is -3.76. The summed E-state index contributed by atoms with van der Waals surface area (Å²) in [7, 11) is -3.54. The van der Waals surface area contributed by atoms with Crippen molar-refractivity contribution in [2.45, 2.75) is 17.4 Å². The Morgan fingerprint density at radius 1 is 1.06 bits per heavy atom. The lowest BCUT2D eigenvalue weighted by atomic mass is 10.0. The summed E-state index contributed by atoms with van der Waals surface area (Å²) in [6.45, 7) is 0. The molecule has 0 aromatic heterocycles. The fourth-order valence-electron chi connectivity index (χ4n) is 3.24. The lowest BCUT2D eigenvalue weighted by Gasteiger charge is -2.18. The van der Waals surface area contributed by atoms with Gasteiger partial charge in [-0.2, -0.15) is 0 Å². The summed E-state index contributed by atoms with van der Waals surface area (Å²) in [5.74, 6) is -1.53. The van der Waals surface area contributed by atoms with Crippen LogP contribution < -0.4 is 16.0 Å². The van der Waals surface area contributed by atoms with Crippen molar-refractivity contribution in [3.05, 3.63) is 77.6 Å². The van der Waals surface area contributed by atoms with Crippen LogP contribution in [-0.2, 0) is 14.6 Å². The highest BCUT2D eigenvalue weighted by Gasteiger charge is 2.22. The predicted octanol–water partition coefficient (Wildman–Crippen LogP) is 4.72. The first-order chi connectivity index (χ1) is 16.6. The number of halogens is 2. The van der Waals surface area contributed by atoms with Gasteiger partial charge in [0.1, 0.15) is 11.9 Å². The van der Waals surface area contributed by atoms with E-state index in [9.17, 15) is 22.4 Å². The third kappa shape index (κ3) is 6.87. The van der Waals surface area contributed by atoms with Gasteiger partial charge in [-0.25, -0.2) is 17.6 Å². The van der Waals surface area contributed by atoms with Gasteiger partial charge in [0.2, 0.25) is 5.91 Å². The van der Waals surface area contributed by atoms with Crippen LogP contribution in [0.15, 0.2) is 71.6 Å². The highest BCUT2D eigenvalue weighted by Crippen LogP contribution is 2.30. The molecule has 0 bridgehead atoms. The predicted molar refractivity (Wildman–Crippen MR) is 134 cm³/mol. The van der Waals surface area contributed by atoms with Crippen LogP contribution >= 0.6 is 11.6 Å². The summed E-state index contributed by atoms with van der Waals surface area (Å²) in [5.41, 5.74) is 0.925. The van der Waals surface area contributed by atoms with E-state index in [0.717, 1.165) is 18.5 Å². The average Bonchev–Trinajstić information content (AvgIpc) is 2.81. The van der Waals surface area contributed by atoms with Crippen LogP contribution in [0.1, 0.15) is 6.42 Å². The zero-order chi connectivity index (χ0) is 25.6. The number of nitrogens with one attached hydrogen (secondary N) is 4. The summed E-state index contributed by atoms with van der Waals surface area (Å²) >= 11 is 5.81. The molecule has 0 aliphatic carbocycles. The van der Waals surface area contributed by atoms with Crippen molar-refractivity contribution < 1.29 is 22.4 Å². The molecular weight excluding hydrogens is 495 g/mol. The van der Waals surface area contributed by atoms with Gasteiger partial charge in [0.15, 0.2) is 9.84 Å². The van der Waals surface area contributed by atoms with E-state index in [2.05, 4.69) is 16.0 Å². The number of carbonyl (C=O) groups is 2. The molecule has 0 saturated carbocycles. The van der Waals surface area contributed by atoms with Gasteiger partial charge in [-0.3, -0.25) is 4.79 Å². The molecule has 0 fully saturated rings. The van der Waals surface area contributed by atoms with Crippen LogP contribution in [0.4, 0.5) is 20.6 Å². The summed E-state index contributed by atoms with van der Waals surface area (Å²) in [6.07, 6.45) is 1.89. The molecule has 0 aliphatic rings. The first kappa shape index (κ1) is 25.9. The van der Waals surface area contributed by atoms with Crippen molar-refractivity contribution >= 4 is 51.0 Å². The minimum Gasteiger partial charge on any atom is -0.326 e. The largest absolute Gasteiger partial charge is 0.326 e. The Kier molecular flexibility index (Phi) is 8.21. The van der Waals surface area contributed by atoms with Gasteiger partial charge in [0, 0.05) is 29.0 Å². The first-order valence-electron chi connectivity index (χ1n) is 10.3. The second kappa shape index (κ2) is 11.1. The van der Waals surface area contributed by atoms with Gasteiger partial charge < -0.3 is 21.4 Å². The SMILES string of the molecule is CS(=O)(=O)c1ccccc1-c1ccc(NC(=O)C(CC=N)NC(=O)Nc2ccc(Cl)cc2)c(F)c1. The molecule has 0 aliphatic heterocycles. The lowest BCUT2D eigenvalue weighted by Crippen LogP contribution is -2.45. The number of carbonyl (C=O) groups excluding carboxylic acids is 2. The second-order valence-electron chi connectivity index (χ2n) is 7.55. The maximum Gasteiger partial charge on any atom is 0.319 e. The van der Waals surface area contributed by atoms with Crippen LogP contribution in [0, 0.1) is 11.2 Å². The molecule has 3 aromatic rings. The Morgan fingerprint density at radius 3 is 2.37 bits per heavy atom. The van der Waals surface area contributed by atoms with Crippen LogP contribution in [0.5, 0.6) is 0 Å². The van der Waals surface area contributed by atoms with Gasteiger partial charge in [0.05, 0.1) is 10.6 Å². The lowest BCUT2D eigenvalue weighted by molar-refractivity contribution is -0.117. The zero-order valence-electron chi connectivity index (χ0n) is 18.5. The molecule has 0 heterocycles. The van der Waals surface area contributed by atoms with Crippen molar-refractivity contribution in [2.24, 2.45) is 0 Å². The van der Waals surface area contributed by atoms with E-state index in [1.165, 1.54) is 18.2 Å². The Balaban J connectivity index is 1.74. The molecular formula is C24H22ClFN4O4S. The molecule has 11 heteroatoms. The van der Waals surface area contributed by atoms with Crippen molar-refractivity contribution in [2.75, 3.05) is 16.9 Å².